The number of nitrogens with zero attached hydrogens (tertiary/aromatic N) is 2. The van der Waals surface area contributed by atoms with Gasteiger partial charge in [0, 0.05) is 0 Å². The molecule has 0 fully saturated rings. The van der Waals surface area contributed by atoms with Gasteiger partial charge in [-0.15, -0.1) is 0 Å². The van der Waals surface area contributed by atoms with Crippen LogP contribution in [0.4, 0.5) is 0 Å². The number of fused-ring (bicyclic) bond motifs is 1. The van der Waals surface area contributed by atoms with Gasteiger partial charge in [0.1, 0.15) is 16.2 Å². The van der Waals surface area contributed by atoms with Crippen molar-refractivity contribution in [3.8, 4) is 5.75 Å². The molecule has 4 nitrogen and oxygen atoms in total. The van der Waals surface area contributed by atoms with Crippen LogP contribution in [0.2, 0.25) is 0 Å². The summed E-state index contributed by atoms with van der Waals surface area (Å²) in [5.74, 6) is 1.10. The lowest BCUT2D eigenvalue weighted by atomic mass is 10.4. The second-order valence-electron chi connectivity index (χ2n) is 2.99. The summed E-state index contributed by atoms with van der Waals surface area (Å²) in [5.41, 5.74) is 0.952. The molecule has 5 heteroatoms. The van der Waals surface area contributed by atoms with Crippen molar-refractivity contribution in [3.63, 3.8) is 0 Å². The molecule has 0 aromatic carbocycles. The molecule has 0 aliphatic heterocycles. The molecule has 0 unspecified atom stereocenters. The van der Waals surface area contributed by atoms with Crippen LogP contribution < -0.4 is 5.32 Å². The summed E-state index contributed by atoms with van der Waals surface area (Å²) < 4.78 is 2.65. The summed E-state index contributed by atoms with van der Waals surface area (Å²) in [5, 5.41) is 12.4. The van der Waals surface area contributed by atoms with E-state index in [-0.39, 0.29) is 5.75 Å². The Labute approximate surface area is 89.7 Å². The fraction of sp³-hybridized carbons (Fsp3) is 0.222. The molecule has 0 saturated heterocycles. The van der Waals surface area contributed by atoms with Gasteiger partial charge in [0.05, 0.1) is 18.3 Å². The van der Waals surface area contributed by atoms with E-state index in [2.05, 4.69) is 26.2 Å². The Morgan fingerprint density at radius 2 is 2.36 bits per heavy atom. The van der Waals surface area contributed by atoms with Crippen LogP contribution in [0.3, 0.4) is 0 Å². The standard InChI is InChI=1S/C9H10BrN3O/c1-11-4-8-12-9(10)7-3-2-6(14)5-13(7)8/h2-3,5,11,14H,4H2,1H3. The lowest BCUT2D eigenvalue weighted by Crippen LogP contribution is -2.08. The van der Waals surface area contributed by atoms with Crippen LogP contribution in [0.5, 0.6) is 5.75 Å². The van der Waals surface area contributed by atoms with Crippen molar-refractivity contribution in [1.82, 2.24) is 14.7 Å². The Kier molecular flexibility index (Phi) is 2.43. The average Bonchev–Trinajstić information content (AvgIpc) is 2.44. The smallest absolute Gasteiger partial charge is 0.132 e. The summed E-state index contributed by atoms with van der Waals surface area (Å²) in [6.07, 6.45) is 1.65. The molecule has 2 aromatic heterocycles. The summed E-state index contributed by atoms with van der Waals surface area (Å²) in [6, 6.07) is 3.47. The van der Waals surface area contributed by atoms with E-state index >= 15 is 0 Å². The molecule has 0 aliphatic rings. The van der Waals surface area contributed by atoms with Crippen LogP contribution in [-0.2, 0) is 6.54 Å². The fourth-order valence-corrected chi connectivity index (χ4v) is 1.91. The molecular formula is C9H10BrN3O. The minimum atomic E-state index is 0.236. The molecule has 2 heterocycles. The van der Waals surface area contributed by atoms with Gasteiger partial charge in [-0.2, -0.15) is 0 Å². The maximum absolute atomic E-state index is 9.35. The fourth-order valence-electron chi connectivity index (χ4n) is 1.38. The average molecular weight is 256 g/mol. The molecule has 0 saturated carbocycles. The van der Waals surface area contributed by atoms with Crippen molar-refractivity contribution < 1.29 is 5.11 Å². The van der Waals surface area contributed by atoms with Gasteiger partial charge in [0.2, 0.25) is 0 Å². The third-order valence-corrected chi connectivity index (χ3v) is 2.57. The van der Waals surface area contributed by atoms with E-state index in [4.69, 9.17) is 0 Å². The van der Waals surface area contributed by atoms with Gasteiger partial charge in [-0.1, -0.05) is 0 Å². The first-order chi connectivity index (χ1) is 6.72. The minimum absolute atomic E-state index is 0.236. The van der Waals surface area contributed by atoms with E-state index < -0.39 is 0 Å². The van der Waals surface area contributed by atoms with E-state index in [1.54, 1.807) is 12.3 Å². The molecule has 0 aliphatic carbocycles. The Bertz CT molecular complexity index is 466. The maximum Gasteiger partial charge on any atom is 0.132 e. The number of hydrogen-bond donors (Lipinski definition) is 2. The van der Waals surface area contributed by atoms with Gasteiger partial charge in [-0.3, -0.25) is 4.40 Å². The molecule has 0 atom stereocenters. The highest BCUT2D eigenvalue weighted by atomic mass is 79.9. The summed E-state index contributed by atoms with van der Waals surface area (Å²) >= 11 is 3.37. The topological polar surface area (TPSA) is 49.6 Å². The highest BCUT2D eigenvalue weighted by Gasteiger charge is 2.07. The molecule has 0 amide bonds. The van der Waals surface area contributed by atoms with Crippen LogP contribution in [-0.4, -0.2) is 21.5 Å². The number of pyridine rings is 1. The molecule has 2 aromatic rings. The number of aromatic nitrogens is 2. The summed E-state index contributed by atoms with van der Waals surface area (Å²) in [6.45, 7) is 0.663. The normalized spacial score (nSPS) is 11.0. The Hall–Kier alpha value is -1.07. The first-order valence-electron chi connectivity index (χ1n) is 4.22. The van der Waals surface area contributed by atoms with Crippen molar-refractivity contribution >= 4 is 21.4 Å². The second-order valence-corrected chi connectivity index (χ2v) is 3.74. The molecular weight excluding hydrogens is 246 g/mol. The van der Waals surface area contributed by atoms with Crippen molar-refractivity contribution in [3.05, 3.63) is 28.8 Å². The highest BCUT2D eigenvalue weighted by molar-refractivity contribution is 9.10. The summed E-state index contributed by atoms with van der Waals surface area (Å²) in [4.78, 5) is 4.33. The predicted molar refractivity (Wildman–Crippen MR) is 57.3 cm³/mol. The van der Waals surface area contributed by atoms with E-state index in [1.807, 2.05) is 17.5 Å². The Morgan fingerprint density at radius 1 is 1.57 bits per heavy atom. The number of halogens is 1. The molecule has 0 radical (unpaired) electrons. The van der Waals surface area contributed by atoms with Gasteiger partial charge >= 0.3 is 0 Å². The quantitative estimate of drug-likeness (QED) is 0.856. The van der Waals surface area contributed by atoms with Crippen molar-refractivity contribution in [2.75, 3.05) is 7.05 Å². The number of aromatic hydroxyl groups is 1. The number of imidazole rings is 1. The minimum Gasteiger partial charge on any atom is -0.506 e. The first-order valence-corrected chi connectivity index (χ1v) is 5.01. The highest BCUT2D eigenvalue weighted by Crippen LogP contribution is 2.21. The zero-order valence-electron chi connectivity index (χ0n) is 7.66. The lowest BCUT2D eigenvalue weighted by molar-refractivity contribution is 0.471. The number of hydrogen-bond acceptors (Lipinski definition) is 3. The van der Waals surface area contributed by atoms with Gasteiger partial charge in [-0.25, -0.2) is 4.98 Å². The number of rotatable bonds is 2. The molecule has 0 spiro atoms. The molecule has 2 rings (SSSR count). The van der Waals surface area contributed by atoms with Crippen LogP contribution >= 0.6 is 15.9 Å². The van der Waals surface area contributed by atoms with Gasteiger partial charge in [0.25, 0.3) is 0 Å². The summed E-state index contributed by atoms with van der Waals surface area (Å²) in [7, 11) is 1.86. The third-order valence-electron chi connectivity index (χ3n) is 1.98. The number of nitrogens with one attached hydrogen (secondary N) is 1. The molecule has 2 N–H and O–H groups in total. The first kappa shape index (κ1) is 9.48. The zero-order valence-corrected chi connectivity index (χ0v) is 9.24. The van der Waals surface area contributed by atoms with Gasteiger partial charge in [0.15, 0.2) is 0 Å². The largest absolute Gasteiger partial charge is 0.506 e. The van der Waals surface area contributed by atoms with Crippen LogP contribution in [0.25, 0.3) is 5.52 Å². The van der Waals surface area contributed by atoms with Crippen molar-refractivity contribution in [2.24, 2.45) is 0 Å². The Morgan fingerprint density at radius 3 is 3.07 bits per heavy atom. The van der Waals surface area contributed by atoms with Crippen molar-refractivity contribution in [2.45, 2.75) is 6.54 Å². The third kappa shape index (κ3) is 1.49. The predicted octanol–water partition coefficient (Wildman–Crippen LogP) is 1.52. The lowest BCUT2D eigenvalue weighted by Gasteiger charge is -2.00. The van der Waals surface area contributed by atoms with Gasteiger partial charge in [-0.05, 0) is 35.1 Å². The van der Waals surface area contributed by atoms with Crippen LogP contribution in [0.15, 0.2) is 22.9 Å². The zero-order chi connectivity index (χ0) is 10.1. The second kappa shape index (κ2) is 3.59. The SMILES string of the molecule is CNCc1nc(Br)c2ccc(O)cn12. The van der Waals surface area contributed by atoms with Crippen LogP contribution in [0, 0.1) is 0 Å². The van der Waals surface area contributed by atoms with E-state index in [0.717, 1.165) is 15.9 Å². The molecule has 0 bridgehead atoms. The van der Waals surface area contributed by atoms with E-state index in [0.29, 0.717) is 6.54 Å². The maximum atomic E-state index is 9.35. The van der Waals surface area contributed by atoms with E-state index in [9.17, 15) is 5.11 Å². The monoisotopic (exact) mass is 255 g/mol. The Balaban J connectivity index is 2.66. The van der Waals surface area contributed by atoms with Gasteiger partial charge < -0.3 is 10.4 Å². The van der Waals surface area contributed by atoms with E-state index in [1.165, 1.54) is 0 Å². The van der Waals surface area contributed by atoms with Crippen molar-refractivity contribution in [1.29, 1.82) is 0 Å². The molecule has 74 valence electrons. The molecule has 14 heavy (non-hydrogen) atoms. The van der Waals surface area contributed by atoms with Crippen LogP contribution in [0.1, 0.15) is 5.82 Å².